The molecule has 3 aromatic rings. The van der Waals surface area contributed by atoms with E-state index in [1.54, 1.807) is 54.6 Å². The highest BCUT2D eigenvalue weighted by Crippen LogP contribution is 2.28. The molecule has 6 nitrogen and oxygen atoms in total. The molecule has 6 heteroatoms. The Bertz CT molecular complexity index is 1040. The molecule has 0 amide bonds. The van der Waals surface area contributed by atoms with Gasteiger partial charge in [0.25, 0.3) is 0 Å². The molecule has 0 fully saturated rings. The van der Waals surface area contributed by atoms with Crippen LogP contribution in [0.5, 0.6) is 23.0 Å². The Hall–Kier alpha value is -3.93. The zero-order chi connectivity index (χ0) is 20.8. The number of phenols is 2. The predicted molar refractivity (Wildman–Crippen MR) is 112 cm³/mol. The smallest absolute Gasteiger partial charge is 0.336 e. The largest absolute Gasteiger partial charge is 0.504 e. The topological polar surface area (TPSA) is 89.1 Å². The van der Waals surface area contributed by atoms with Crippen molar-refractivity contribution in [2.45, 2.75) is 0 Å². The van der Waals surface area contributed by atoms with Crippen LogP contribution < -0.4 is 15.1 Å². The Balaban J connectivity index is 1.84. The first-order valence-electron chi connectivity index (χ1n) is 8.74. The number of hydrogen-bond donors (Lipinski definition) is 2. The first kappa shape index (κ1) is 19.8. The maximum absolute atomic E-state index is 11.9. The first-order chi connectivity index (χ1) is 14.0. The van der Waals surface area contributed by atoms with Crippen LogP contribution >= 0.6 is 0 Å². The van der Waals surface area contributed by atoms with Gasteiger partial charge in [-0.15, -0.1) is 0 Å². The second kappa shape index (κ2) is 8.84. The van der Waals surface area contributed by atoms with Gasteiger partial charge in [-0.25, -0.2) is 4.79 Å². The lowest BCUT2D eigenvalue weighted by atomic mass is 10.1. The van der Waals surface area contributed by atoms with Crippen molar-refractivity contribution in [2.75, 3.05) is 14.2 Å². The van der Waals surface area contributed by atoms with E-state index in [1.807, 2.05) is 0 Å². The van der Waals surface area contributed by atoms with Gasteiger partial charge in [-0.2, -0.15) is 0 Å². The highest BCUT2D eigenvalue weighted by atomic mass is 16.5. The summed E-state index contributed by atoms with van der Waals surface area (Å²) in [5, 5.41) is 19.3. The number of phenolic OH excluding ortho intramolecular Hbond substituents is 2. The third-order valence-corrected chi connectivity index (χ3v) is 4.13. The lowest BCUT2D eigenvalue weighted by Crippen LogP contribution is -1.98. The molecule has 0 aliphatic heterocycles. The maximum Gasteiger partial charge on any atom is 0.336 e. The van der Waals surface area contributed by atoms with Gasteiger partial charge in [-0.05, 0) is 53.1 Å². The summed E-state index contributed by atoms with van der Waals surface area (Å²) in [5.41, 5.74) is 1.77. The molecule has 0 saturated heterocycles. The fourth-order valence-electron chi connectivity index (χ4n) is 2.66. The monoisotopic (exact) mass is 392 g/mol. The summed E-state index contributed by atoms with van der Waals surface area (Å²) in [5.74, 6) is 1.22. The van der Waals surface area contributed by atoms with Crippen LogP contribution in [0.4, 0.5) is 0 Å². The van der Waals surface area contributed by atoms with Gasteiger partial charge in [0.1, 0.15) is 5.76 Å². The second-order valence-corrected chi connectivity index (χ2v) is 6.14. The van der Waals surface area contributed by atoms with Crippen molar-refractivity contribution < 1.29 is 24.1 Å². The Kier molecular flexibility index (Phi) is 6.04. The maximum atomic E-state index is 11.9. The van der Waals surface area contributed by atoms with Crippen molar-refractivity contribution in [1.82, 2.24) is 0 Å². The number of ether oxygens (including phenoxy) is 2. The van der Waals surface area contributed by atoms with Crippen LogP contribution in [-0.2, 0) is 0 Å². The Morgan fingerprint density at radius 3 is 1.79 bits per heavy atom. The van der Waals surface area contributed by atoms with Crippen LogP contribution in [0.3, 0.4) is 0 Å². The minimum absolute atomic E-state index is 0.0502. The molecule has 0 aliphatic carbocycles. The van der Waals surface area contributed by atoms with Crippen molar-refractivity contribution in [3.05, 3.63) is 81.4 Å². The van der Waals surface area contributed by atoms with Crippen molar-refractivity contribution >= 4 is 24.3 Å². The van der Waals surface area contributed by atoms with Crippen LogP contribution in [0, 0.1) is 0 Å². The summed E-state index contributed by atoms with van der Waals surface area (Å²) in [6, 6.07) is 13.0. The summed E-state index contributed by atoms with van der Waals surface area (Å²) < 4.78 is 15.4. The third-order valence-electron chi connectivity index (χ3n) is 4.13. The van der Waals surface area contributed by atoms with Gasteiger partial charge < -0.3 is 24.1 Å². The Morgan fingerprint density at radius 1 is 0.724 bits per heavy atom. The fraction of sp³-hybridized carbons (Fsp3) is 0.0870. The molecule has 3 rings (SSSR count). The molecule has 2 aromatic carbocycles. The standard InChI is InChI=1S/C23H20O6/c1-27-21-12-15(6-9-19(21)24)3-4-17-11-18(29-23(26)14-17)8-5-16-7-10-20(25)22(13-16)28-2/h3-14,24-25H,1-2H3/b4-3+,8-5+. The van der Waals surface area contributed by atoms with Gasteiger partial charge >= 0.3 is 5.63 Å². The summed E-state index contributed by atoms with van der Waals surface area (Å²) in [6.07, 6.45) is 6.98. The molecule has 29 heavy (non-hydrogen) atoms. The van der Waals surface area contributed by atoms with E-state index >= 15 is 0 Å². The Labute approximate surface area is 167 Å². The molecule has 0 spiro atoms. The number of rotatable bonds is 6. The van der Waals surface area contributed by atoms with Gasteiger partial charge in [-0.3, -0.25) is 0 Å². The van der Waals surface area contributed by atoms with E-state index in [0.29, 0.717) is 22.8 Å². The summed E-state index contributed by atoms with van der Waals surface area (Å²) in [6.45, 7) is 0. The number of benzene rings is 2. The van der Waals surface area contributed by atoms with Crippen molar-refractivity contribution in [1.29, 1.82) is 0 Å². The van der Waals surface area contributed by atoms with Gasteiger partial charge in [-0.1, -0.05) is 30.4 Å². The van der Waals surface area contributed by atoms with Crippen LogP contribution in [-0.4, -0.2) is 24.4 Å². The quantitative estimate of drug-likeness (QED) is 0.646. The van der Waals surface area contributed by atoms with Gasteiger partial charge in [0.15, 0.2) is 23.0 Å². The molecule has 1 heterocycles. The van der Waals surface area contributed by atoms with Crippen molar-refractivity contribution in [3.8, 4) is 23.0 Å². The molecule has 1 aromatic heterocycles. The van der Waals surface area contributed by atoms with E-state index in [1.165, 1.54) is 32.4 Å². The lowest BCUT2D eigenvalue weighted by molar-refractivity contribution is 0.373. The summed E-state index contributed by atoms with van der Waals surface area (Å²) in [7, 11) is 2.95. The second-order valence-electron chi connectivity index (χ2n) is 6.14. The van der Waals surface area contributed by atoms with E-state index in [0.717, 1.165) is 11.1 Å². The molecule has 0 atom stereocenters. The minimum atomic E-state index is -0.474. The Morgan fingerprint density at radius 2 is 1.24 bits per heavy atom. The lowest BCUT2D eigenvalue weighted by Gasteiger charge is -2.04. The van der Waals surface area contributed by atoms with Crippen LogP contribution in [0.15, 0.2) is 57.7 Å². The third kappa shape index (κ3) is 5.07. The molecule has 0 unspecified atom stereocenters. The zero-order valence-corrected chi connectivity index (χ0v) is 16.0. The average molecular weight is 392 g/mol. The van der Waals surface area contributed by atoms with E-state index < -0.39 is 5.63 Å². The first-order valence-corrected chi connectivity index (χ1v) is 8.74. The van der Waals surface area contributed by atoms with E-state index in [9.17, 15) is 15.0 Å². The summed E-state index contributed by atoms with van der Waals surface area (Å²) >= 11 is 0. The molecular weight excluding hydrogens is 372 g/mol. The fourth-order valence-corrected chi connectivity index (χ4v) is 2.66. The van der Waals surface area contributed by atoms with E-state index in [4.69, 9.17) is 13.9 Å². The molecule has 0 aliphatic rings. The molecular formula is C23H20O6. The van der Waals surface area contributed by atoms with E-state index in [-0.39, 0.29) is 11.5 Å². The van der Waals surface area contributed by atoms with Crippen LogP contribution in [0.1, 0.15) is 22.5 Å². The zero-order valence-electron chi connectivity index (χ0n) is 16.0. The SMILES string of the molecule is COc1cc(/C=C/c2cc(/C=C/c3ccc(O)c(OC)c3)oc(=O)c2)ccc1O. The van der Waals surface area contributed by atoms with Gasteiger partial charge in [0.05, 0.1) is 14.2 Å². The van der Waals surface area contributed by atoms with Crippen LogP contribution in [0.2, 0.25) is 0 Å². The summed E-state index contributed by atoms with van der Waals surface area (Å²) in [4.78, 5) is 11.9. The average Bonchev–Trinajstić information content (AvgIpc) is 2.72. The molecule has 0 bridgehead atoms. The minimum Gasteiger partial charge on any atom is -0.504 e. The van der Waals surface area contributed by atoms with Crippen molar-refractivity contribution in [3.63, 3.8) is 0 Å². The molecule has 0 radical (unpaired) electrons. The van der Waals surface area contributed by atoms with Gasteiger partial charge in [0, 0.05) is 6.07 Å². The van der Waals surface area contributed by atoms with E-state index in [2.05, 4.69) is 0 Å². The predicted octanol–water partition coefficient (Wildman–Crippen LogP) is 4.41. The number of aromatic hydroxyl groups is 2. The normalized spacial score (nSPS) is 11.2. The molecule has 148 valence electrons. The van der Waals surface area contributed by atoms with Crippen LogP contribution in [0.25, 0.3) is 24.3 Å². The van der Waals surface area contributed by atoms with Gasteiger partial charge in [0.2, 0.25) is 0 Å². The highest BCUT2D eigenvalue weighted by molar-refractivity contribution is 5.73. The highest BCUT2D eigenvalue weighted by Gasteiger charge is 2.03. The molecule has 0 saturated carbocycles. The molecule has 2 N–H and O–H groups in total. The van der Waals surface area contributed by atoms with Crippen molar-refractivity contribution in [2.24, 2.45) is 0 Å². The number of hydrogen-bond acceptors (Lipinski definition) is 6. The number of methoxy groups -OCH3 is 2.